The van der Waals surface area contributed by atoms with Gasteiger partial charge in [-0.2, -0.15) is 0 Å². The highest BCUT2D eigenvalue weighted by molar-refractivity contribution is 6.36. The Balaban J connectivity index is 1.36. The van der Waals surface area contributed by atoms with E-state index in [0.29, 0.717) is 35.5 Å². The Morgan fingerprint density at radius 1 is 1.31 bits per heavy atom. The van der Waals surface area contributed by atoms with Gasteiger partial charge in [-0.3, -0.25) is 14.8 Å². The predicted molar refractivity (Wildman–Crippen MR) is 147 cm³/mol. The Hall–Kier alpha value is -3.56. The van der Waals surface area contributed by atoms with Crippen LogP contribution in [-0.4, -0.2) is 63.7 Å². The van der Waals surface area contributed by atoms with E-state index in [1.165, 1.54) is 17.2 Å². The molecule has 1 aromatic carbocycles. The smallest absolute Gasteiger partial charge is 0.409 e. The topological polar surface area (TPSA) is 102 Å². The minimum absolute atomic E-state index is 0.113. The zero-order valence-electron chi connectivity index (χ0n) is 21.8. The van der Waals surface area contributed by atoms with E-state index in [9.17, 15) is 14.0 Å². The number of fused-ring (bicyclic) bond motifs is 2. The average Bonchev–Trinajstić information content (AvgIpc) is 2.92. The maximum atomic E-state index is 13.6. The molecule has 2 unspecified atom stereocenters. The largest absolute Gasteiger partial charge is 0.449 e. The molecule has 0 radical (unpaired) electrons. The molecule has 8 nitrogen and oxygen atoms in total. The molecule has 2 atom stereocenters. The van der Waals surface area contributed by atoms with E-state index in [4.69, 9.17) is 27.1 Å². The molecule has 2 aliphatic rings. The number of aromatic nitrogens is 2. The Morgan fingerprint density at radius 2 is 2.13 bits per heavy atom. The first kappa shape index (κ1) is 27.0. The predicted octanol–water partition coefficient (Wildman–Crippen LogP) is 4.84. The Morgan fingerprint density at radius 3 is 2.85 bits per heavy atom. The lowest BCUT2D eigenvalue weighted by Gasteiger charge is -2.46. The summed E-state index contributed by atoms with van der Waals surface area (Å²) in [6.07, 6.45) is 5.25. The molecule has 1 fully saturated rings. The molecule has 39 heavy (non-hydrogen) atoms. The molecule has 3 aromatic rings. The van der Waals surface area contributed by atoms with Crippen LogP contribution in [0.2, 0.25) is 5.02 Å². The molecule has 0 saturated carbocycles. The Bertz CT molecular complexity index is 1430. The van der Waals surface area contributed by atoms with Crippen molar-refractivity contribution in [3.63, 3.8) is 0 Å². The van der Waals surface area contributed by atoms with Gasteiger partial charge in [-0.25, -0.2) is 9.18 Å². The van der Waals surface area contributed by atoms with Crippen LogP contribution in [0.1, 0.15) is 53.0 Å². The summed E-state index contributed by atoms with van der Waals surface area (Å²) >= 11 is 6.82. The van der Waals surface area contributed by atoms with Crippen LogP contribution >= 0.6 is 11.6 Å². The van der Waals surface area contributed by atoms with Crippen LogP contribution < -0.4 is 5.73 Å². The van der Waals surface area contributed by atoms with Crippen LogP contribution in [0.5, 0.6) is 0 Å². The van der Waals surface area contributed by atoms with E-state index in [1.807, 2.05) is 6.07 Å². The molecule has 2 aromatic heterocycles. The summed E-state index contributed by atoms with van der Waals surface area (Å²) in [6.45, 7) is 6.33. The molecule has 0 spiro atoms. The summed E-state index contributed by atoms with van der Waals surface area (Å²) in [6, 6.07) is 8.45. The quantitative estimate of drug-likeness (QED) is 0.360. The highest BCUT2D eigenvalue weighted by Gasteiger charge is 2.40. The number of nitrogens with two attached hydrogens (primary N) is 1. The highest BCUT2D eigenvalue weighted by Crippen LogP contribution is 2.38. The van der Waals surface area contributed by atoms with Gasteiger partial charge in [-0.15, -0.1) is 6.58 Å². The summed E-state index contributed by atoms with van der Waals surface area (Å²) < 4.78 is 18.6. The molecule has 204 valence electrons. The summed E-state index contributed by atoms with van der Waals surface area (Å²) in [5, 5.41) is 1.43. The number of hydrogen-bond acceptors (Lipinski definition) is 6. The second kappa shape index (κ2) is 10.9. The lowest BCUT2D eigenvalue weighted by Crippen LogP contribution is -2.68. The van der Waals surface area contributed by atoms with E-state index >= 15 is 0 Å². The lowest BCUT2D eigenvalue weighted by molar-refractivity contribution is 0.00947. The van der Waals surface area contributed by atoms with Gasteiger partial charge < -0.3 is 20.3 Å². The number of amides is 2. The van der Waals surface area contributed by atoms with Gasteiger partial charge in [0, 0.05) is 41.3 Å². The number of benzene rings is 1. The van der Waals surface area contributed by atoms with E-state index in [0.717, 1.165) is 35.2 Å². The molecule has 3 heterocycles. The number of carbonyl (C=O) groups excluding carboxylic acids is 2. The van der Waals surface area contributed by atoms with Crippen molar-refractivity contribution < 1.29 is 18.7 Å². The van der Waals surface area contributed by atoms with Crippen molar-refractivity contribution in [1.82, 2.24) is 19.8 Å². The van der Waals surface area contributed by atoms with Gasteiger partial charge in [-0.05, 0) is 62.4 Å². The van der Waals surface area contributed by atoms with Crippen molar-refractivity contribution in [3.8, 4) is 0 Å². The minimum atomic E-state index is -1.09. The standard InChI is InChI=1S/C29H31ClFN5O3/c1-3-4-13-39-28(38)35-11-12-36(29(2,32)17-35)27(37)19-6-9-22-25(15-19)34-24-14-18(5-8-21(24)26(22)30)23-10-7-20(31)16-33-23/h3,6-7,9-10,15-16,18H,1,4-5,8,11-14,17,32H2,2H3. The molecule has 5 rings (SSSR count). The normalized spacial score (nSPS) is 21.0. The first-order chi connectivity index (χ1) is 18.7. The summed E-state index contributed by atoms with van der Waals surface area (Å²) in [4.78, 5) is 38.3. The Labute approximate surface area is 231 Å². The number of pyridine rings is 2. The van der Waals surface area contributed by atoms with Gasteiger partial charge in [0.1, 0.15) is 11.5 Å². The van der Waals surface area contributed by atoms with Gasteiger partial charge in [0.25, 0.3) is 5.91 Å². The number of hydrogen-bond donors (Lipinski definition) is 1. The fourth-order valence-electron chi connectivity index (χ4n) is 5.40. The number of halogens is 2. The van der Waals surface area contributed by atoms with Crippen LogP contribution in [0.25, 0.3) is 10.9 Å². The molecule has 0 bridgehead atoms. The van der Waals surface area contributed by atoms with Gasteiger partial charge in [0.15, 0.2) is 0 Å². The summed E-state index contributed by atoms with van der Waals surface area (Å²) in [7, 11) is 0. The second-order valence-corrected chi connectivity index (χ2v) is 10.7. The van der Waals surface area contributed by atoms with Crippen molar-refractivity contribution in [1.29, 1.82) is 0 Å². The van der Waals surface area contributed by atoms with Crippen LogP contribution in [-0.2, 0) is 17.6 Å². The number of ether oxygens (including phenoxy) is 1. The molecular weight excluding hydrogens is 521 g/mol. The molecule has 1 saturated heterocycles. The number of carbonyl (C=O) groups is 2. The fourth-order valence-corrected chi connectivity index (χ4v) is 5.76. The summed E-state index contributed by atoms with van der Waals surface area (Å²) in [5.74, 6) is -0.495. The monoisotopic (exact) mass is 551 g/mol. The third kappa shape index (κ3) is 5.46. The van der Waals surface area contributed by atoms with Crippen molar-refractivity contribution in [2.75, 3.05) is 26.2 Å². The van der Waals surface area contributed by atoms with Gasteiger partial charge in [0.2, 0.25) is 0 Å². The molecule has 1 aliphatic heterocycles. The van der Waals surface area contributed by atoms with Crippen LogP contribution in [0.4, 0.5) is 9.18 Å². The van der Waals surface area contributed by atoms with Crippen molar-refractivity contribution >= 4 is 34.5 Å². The fraction of sp³-hybridized carbons (Fsp3) is 0.379. The number of nitrogens with zero attached hydrogens (tertiary/aromatic N) is 4. The van der Waals surface area contributed by atoms with Gasteiger partial charge >= 0.3 is 6.09 Å². The highest BCUT2D eigenvalue weighted by atomic mass is 35.5. The maximum Gasteiger partial charge on any atom is 0.409 e. The third-order valence-electron chi connectivity index (χ3n) is 7.47. The number of rotatable bonds is 5. The van der Waals surface area contributed by atoms with Crippen molar-refractivity contribution in [2.45, 2.75) is 44.2 Å². The van der Waals surface area contributed by atoms with Crippen molar-refractivity contribution in [2.24, 2.45) is 5.73 Å². The molecule has 1 aliphatic carbocycles. The molecular formula is C29H31ClFN5O3. The van der Waals surface area contributed by atoms with Gasteiger partial charge in [-0.1, -0.05) is 23.7 Å². The average molecular weight is 552 g/mol. The van der Waals surface area contributed by atoms with Crippen molar-refractivity contribution in [3.05, 3.63) is 82.5 Å². The molecule has 2 amide bonds. The van der Waals surface area contributed by atoms with Crippen LogP contribution in [0.3, 0.4) is 0 Å². The molecule has 2 N–H and O–H groups in total. The first-order valence-corrected chi connectivity index (χ1v) is 13.4. The maximum absolute atomic E-state index is 13.6. The van der Waals surface area contributed by atoms with Crippen LogP contribution in [0.15, 0.2) is 49.2 Å². The zero-order valence-corrected chi connectivity index (χ0v) is 22.6. The van der Waals surface area contributed by atoms with E-state index in [-0.39, 0.29) is 37.3 Å². The second-order valence-electron chi connectivity index (χ2n) is 10.4. The van der Waals surface area contributed by atoms with E-state index < -0.39 is 11.8 Å². The van der Waals surface area contributed by atoms with E-state index in [1.54, 1.807) is 36.1 Å². The minimum Gasteiger partial charge on any atom is -0.449 e. The zero-order chi connectivity index (χ0) is 27.7. The molecule has 10 heteroatoms. The van der Waals surface area contributed by atoms with E-state index in [2.05, 4.69) is 11.6 Å². The number of piperazine rings is 1. The SMILES string of the molecule is C=CCCOC(=O)N1CCN(C(=O)c2ccc3c(Cl)c4c(nc3c2)CC(c2ccc(F)cn2)CC4)C(C)(N)C1. The lowest BCUT2D eigenvalue weighted by atomic mass is 9.84. The third-order valence-corrected chi connectivity index (χ3v) is 7.90. The Kier molecular flexibility index (Phi) is 7.55. The summed E-state index contributed by atoms with van der Waals surface area (Å²) in [5.41, 5.74) is 9.21. The van der Waals surface area contributed by atoms with Gasteiger partial charge in [0.05, 0.1) is 29.9 Å². The van der Waals surface area contributed by atoms with Crippen LogP contribution in [0, 0.1) is 5.82 Å². The first-order valence-electron chi connectivity index (χ1n) is 13.0.